The molecule has 0 bridgehead atoms. The minimum absolute atomic E-state index is 0.156. The van der Waals surface area contributed by atoms with E-state index in [9.17, 15) is 8.42 Å². The molecular weight excluding hydrogens is 266 g/mol. The highest BCUT2D eigenvalue weighted by Gasteiger charge is 2.21. The molecule has 0 fully saturated rings. The topological polar surface area (TPSA) is 75.3 Å². The summed E-state index contributed by atoms with van der Waals surface area (Å²) in [6.45, 7) is 0.289. The summed E-state index contributed by atoms with van der Waals surface area (Å²) in [5.74, 6) is 0.740. The maximum atomic E-state index is 12.2. The van der Waals surface area contributed by atoms with Crippen molar-refractivity contribution in [1.29, 1.82) is 0 Å². The largest absolute Gasteiger partial charge is 0.497 e. The molecule has 1 aromatic heterocycles. The van der Waals surface area contributed by atoms with Crippen LogP contribution in [0.1, 0.15) is 5.56 Å². The Morgan fingerprint density at radius 2 is 2.00 bits per heavy atom. The predicted molar refractivity (Wildman–Crippen MR) is 70.2 cm³/mol. The van der Waals surface area contributed by atoms with Gasteiger partial charge in [-0.2, -0.15) is 9.40 Å². The Labute approximate surface area is 112 Å². The second kappa shape index (κ2) is 5.41. The Bertz CT molecular complexity index is 621. The van der Waals surface area contributed by atoms with E-state index in [2.05, 4.69) is 10.2 Å². The van der Waals surface area contributed by atoms with Crippen LogP contribution in [0.25, 0.3) is 0 Å². The molecule has 0 amide bonds. The highest BCUT2D eigenvalue weighted by Crippen LogP contribution is 2.17. The van der Waals surface area contributed by atoms with E-state index in [0.717, 1.165) is 11.3 Å². The SMILES string of the molecule is COc1ccc(CN(C)S(=O)(=O)c2cn[nH]c2)cc1. The van der Waals surface area contributed by atoms with Gasteiger partial charge in [-0.1, -0.05) is 12.1 Å². The molecule has 1 N–H and O–H groups in total. The Balaban J connectivity index is 2.14. The van der Waals surface area contributed by atoms with Crippen molar-refractivity contribution < 1.29 is 13.2 Å². The van der Waals surface area contributed by atoms with Crippen molar-refractivity contribution in [3.8, 4) is 5.75 Å². The zero-order valence-corrected chi connectivity index (χ0v) is 11.5. The lowest BCUT2D eigenvalue weighted by Gasteiger charge is -2.16. The summed E-state index contributed by atoms with van der Waals surface area (Å²) in [5, 5.41) is 6.15. The van der Waals surface area contributed by atoms with Crippen LogP contribution < -0.4 is 4.74 Å². The quantitative estimate of drug-likeness (QED) is 0.894. The van der Waals surface area contributed by atoms with Gasteiger partial charge in [-0.15, -0.1) is 0 Å². The molecule has 0 atom stereocenters. The van der Waals surface area contributed by atoms with Crippen LogP contribution in [0.5, 0.6) is 5.75 Å². The van der Waals surface area contributed by atoms with Crippen molar-refractivity contribution in [2.75, 3.05) is 14.2 Å². The highest BCUT2D eigenvalue weighted by atomic mass is 32.2. The van der Waals surface area contributed by atoms with Crippen LogP contribution in [0.2, 0.25) is 0 Å². The zero-order valence-electron chi connectivity index (χ0n) is 10.7. The fourth-order valence-electron chi connectivity index (χ4n) is 1.63. The van der Waals surface area contributed by atoms with Crippen LogP contribution in [-0.2, 0) is 16.6 Å². The monoisotopic (exact) mass is 281 g/mol. The maximum absolute atomic E-state index is 12.2. The van der Waals surface area contributed by atoms with Gasteiger partial charge in [0.1, 0.15) is 10.6 Å². The van der Waals surface area contributed by atoms with Crippen molar-refractivity contribution in [1.82, 2.24) is 14.5 Å². The molecule has 0 aliphatic rings. The lowest BCUT2D eigenvalue weighted by molar-refractivity contribution is 0.414. The van der Waals surface area contributed by atoms with Gasteiger partial charge >= 0.3 is 0 Å². The molecule has 2 rings (SSSR count). The molecule has 0 radical (unpaired) electrons. The van der Waals surface area contributed by atoms with E-state index in [0.29, 0.717) is 0 Å². The molecular formula is C12H15N3O3S. The molecule has 1 aromatic carbocycles. The Morgan fingerprint density at radius 1 is 1.32 bits per heavy atom. The van der Waals surface area contributed by atoms with Crippen LogP contribution in [0.4, 0.5) is 0 Å². The van der Waals surface area contributed by atoms with Gasteiger partial charge in [0, 0.05) is 19.8 Å². The second-order valence-corrected chi connectivity index (χ2v) is 6.09. The van der Waals surface area contributed by atoms with Crippen LogP contribution in [0.15, 0.2) is 41.6 Å². The Hall–Kier alpha value is -1.86. The van der Waals surface area contributed by atoms with Gasteiger partial charge < -0.3 is 4.74 Å². The summed E-state index contributed by atoms with van der Waals surface area (Å²) in [5.41, 5.74) is 0.885. The first kappa shape index (κ1) is 13.6. The highest BCUT2D eigenvalue weighted by molar-refractivity contribution is 7.89. The number of hydrogen-bond donors (Lipinski definition) is 1. The molecule has 0 saturated carbocycles. The molecule has 1 heterocycles. The minimum atomic E-state index is -3.50. The number of aromatic amines is 1. The second-order valence-electron chi connectivity index (χ2n) is 4.04. The molecule has 0 unspecified atom stereocenters. The van der Waals surface area contributed by atoms with Crippen molar-refractivity contribution in [3.05, 3.63) is 42.2 Å². The number of nitrogens with zero attached hydrogens (tertiary/aromatic N) is 2. The standard InChI is InChI=1S/C12H15N3O3S/c1-15(19(16,17)12-7-13-14-8-12)9-10-3-5-11(18-2)6-4-10/h3-8H,9H2,1-2H3,(H,13,14). The van der Waals surface area contributed by atoms with Crippen molar-refractivity contribution >= 4 is 10.0 Å². The number of rotatable bonds is 5. The lowest BCUT2D eigenvalue weighted by atomic mass is 10.2. The van der Waals surface area contributed by atoms with Crippen LogP contribution in [0.3, 0.4) is 0 Å². The lowest BCUT2D eigenvalue weighted by Crippen LogP contribution is -2.26. The van der Waals surface area contributed by atoms with E-state index in [1.54, 1.807) is 19.2 Å². The summed E-state index contributed by atoms with van der Waals surface area (Å²) < 4.78 is 30.7. The van der Waals surface area contributed by atoms with Gasteiger partial charge in [-0.05, 0) is 17.7 Å². The summed E-state index contributed by atoms with van der Waals surface area (Å²) >= 11 is 0. The summed E-state index contributed by atoms with van der Waals surface area (Å²) in [7, 11) is -0.379. The van der Waals surface area contributed by atoms with E-state index >= 15 is 0 Å². The van der Waals surface area contributed by atoms with Crippen LogP contribution >= 0.6 is 0 Å². The average molecular weight is 281 g/mol. The van der Waals surface area contributed by atoms with Gasteiger partial charge in [-0.25, -0.2) is 8.42 Å². The third-order valence-corrected chi connectivity index (χ3v) is 4.51. The number of methoxy groups -OCH3 is 1. The number of ether oxygens (including phenoxy) is 1. The molecule has 19 heavy (non-hydrogen) atoms. The van der Waals surface area contributed by atoms with Gasteiger partial charge in [0.25, 0.3) is 0 Å². The van der Waals surface area contributed by atoms with E-state index in [1.807, 2.05) is 12.1 Å². The summed E-state index contributed by atoms with van der Waals surface area (Å²) in [4.78, 5) is 0.156. The number of hydrogen-bond acceptors (Lipinski definition) is 4. The predicted octanol–water partition coefficient (Wildman–Crippen LogP) is 1.24. The Morgan fingerprint density at radius 3 is 2.53 bits per heavy atom. The van der Waals surface area contributed by atoms with E-state index in [1.165, 1.54) is 23.7 Å². The molecule has 0 spiro atoms. The number of nitrogens with one attached hydrogen (secondary N) is 1. The molecule has 7 heteroatoms. The first-order valence-electron chi connectivity index (χ1n) is 5.62. The third kappa shape index (κ3) is 2.94. The smallest absolute Gasteiger partial charge is 0.246 e. The first-order chi connectivity index (χ1) is 9.04. The van der Waals surface area contributed by atoms with Crippen molar-refractivity contribution in [2.45, 2.75) is 11.4 Å². The molecule has 2 aromatic rings. The van der Waals surface area contributed by atoms with E-state index in [4.69, 9.17) is 4.74 Å². The third-order valence-electron chi connectivity index (χ3n) is 2.75. The summed E-state index contributed by atoms with van der Waals surface area (Å²) in [6.07, 6.45) is 2.65. The van der Waals surface area contributed by atoms with Crippen LogP contribution in [-0.4, -0.2) is 37.1 Å². The fraction of sp³-hybridized carbons (Fsp3) is 0.250. The molecule has 102 valence electrons. The average Bonchev–Trinajstić information content (AvgIpc) is 2.94. The normalized spacial score (nSPS) is 11.7. The van der Waals surface area contributed by atoms with Gasteiger partial charge in [0.05, 0.1) is 13.3 Å². The van der Waals surface area contributed by atoms with Gasteiger partial charge in [0.15, 0.2) is 0 Å². The first-order valence-corrected chi connectivity index (χ1v) is 7.06. The molecule has 0 aliphatic heterocycles. The molecule has 0 saturated heterocycles. The van der Waals surface area contributed by atoms with E-state index < -0.39 is 10.0 Å². The van der Waals surface area contributed by atoms with Crippen molar-refractivity contribution in [3.63, 3.8) is 0 Å². The molecule has 6 nitrogen and oxygen atoms in total. The number of sulfonamides is 1. The molecule has 0 aliphatic carbocycles. The number of aromatic nitrogens is 2. The number of H-pyrrole nitrogens is 1. The minimum Gasteiger partial charge on any atom is -0.497 e. The summed E-state index contributed by atoms with van der Waals surface area (Å²) in [6, 6.07) is 7.27. The van der Waals surface area contributed by atoms with Gasteiger partial charge in [-0.3, -0.25) is 5.10 Å². The zero-order chi connectivity index (χ0) is 13.9. The maximum Gasteiger partial charge on any atom is 0.246 e. The van der Waals surface area contributed by atoms with E-state index in [-0.39, 0.29) is 11.4 Å². The Kier molecular flexibility index (Phi) is 3.87. The van der Waals surface area contributed by atoms with Gasteiger partial charge in [0.2, 0.25) is 10.0 Å². The van der Waals surface area contributed by atoms with Crippen molar-refractivity contribution in [2.24, 2.45) is 0 Å². The number of benzene rings is 1. The fourth-order valence-corrected chi connectivity index (χ4v) is 2.70. The van der Waals surface area contributed by atoms with Crippen LogP contribution in [0, 0.1) is 0 Å².